The summed E-state index contributed by atoms with van der Waals surface area (Å²) in [7, 11) is 0. The maximum Gasteiger partial charge on any atom is 0.417 e. The predicted octanol–water partition coefficient (Wildman–Crippen LogP) is 3.99. The monoisotopic (exact) mass is 495 g/mol. The molecule has 2 heterocycles. The fraction of sp³-hybridized carbons (Fsp3) is 0.640. The molecule has 0 spiro atoms. The molecule has 0 radical (unpaired) electrons. The Balaban J connectivity index is 1.52. The Bertz CT molecular complexity index is 1020. The van der Waals surface area contributed by atoms with Gasteiger partial charge in [-0.2, -0.15) is 13.2 Å². The largest absolute Gasteiger partial charge is 0.444 e. The van der Waals surface area contributed by atoms with E-state index in [1.807, 2.05) is 0 Å². The highest BCUT2D eigenvalue weighted by atomic mass is 19.4. The molecule has 1 saturated carbocycles. The van der Waals surface area contributed by atoms with Gasteiger partial charge in [0.15, 0.2) is 0 Å². The second-order valence-electron chi connectivity index (χ2n) is 10.9. The van der Waals surface area contributed by atoms with Crippen LogP contribution in [0.2, 0.25) is 0 Å². The van der Waals surface area contributed by atoms with Gasteiger partial charge < -0.3 is 20.1 Å². The number of hydrogen-bond acceptors (Lipinski definition) is 5. The molecule has 2 N–H and O–H groups in total. The fourth-order valence-electron chi connectivity index (χ4n) is 4.87. The van der Waals surface area contributed by atoms with E-state index in [9.17, 15) is 27.9 Å². The van der Waals surface area contributed by atoms with E-state index in [2.05, 4.69) is 10.3 Å². The summed E-state index contributed by atoms with van der Waals surface area (Å²) in [5.74, 6) is -0.114. The first kappa shape index (κ1) is 25.5. The quantitative estimate of drug-likeness (QED) is 0.603. The zero-order chi connectivity index (χ0) is 25.6. The van der Waals surface area contributed by atoms with Gasteiger partial charge in [-0.25, -0.2) is 4.79 Å². The van der Waals surface area contributed by atoms with Crippen molar-refractivity contribution in [2.45, 2.75) is 83.3 Å². The van der Waals surface area contributed by atoms with Crippen molar-refractivity contribution < 1.29 is 32.6 Å². The van der Waals surface area contributed by atoms with Gasteiger partial charge in [0.2, 0.25) is 5.91 Å². The maximum atomic E-state index is 13.8. The van der Waals surface area contributed by atoms with E-state index in [0.29, 0.717) is 24.2 Å². The Morgan fingerprint density at radius 1 is 1.31 bits per heavy atom. The molecule has 1 aliphatic heterocycles. The van der Waals surface area contributed by atoms with Crippen LogP contribution in [0.5, 0.6) is 0 Å². The number of aliphatic hydroxyl groups is 1. The van der Waals surface area contributed by atoms with Gasteiger partial charge in [0.1, 0.15) is 5.60 Å². The number of fused-ring (bicyclic) bond motifs is 1. The molecule has 35 heavy (non-hydrogen) atoms. The van der Waals surface area contributed by atoms with Crippen molar-refractivity contribution in [2.24, 2.45) is 11.3 Å². The number of alkyl carbamates (subject to hydrolysis) is 1. The van der Waals surface area contributed by atoms with Crippen LogP contribution in [-0.2, 0) is 28.7 Å². The number of carbonyl (C=O) groups excluding carboxylic acids is 2. The molecule has 1 unspecified atom stereocenters. The standard InChI is InChI=1S/C25H32F3N3O4/c1-23(2,3)35-22(34)30-18-6-8-24(11-18,12-20(32)15-4-5-15)21(33)31-9-7-19-16(14-31)10-17(13-29-19)25(26,27)28/h6,8,10,13,15,18,20,32H,4-5,7,9,11-12,14H2,1-3H3,(H,30,34)/t18-,20?,24+/m1/s1. The zero-order valence-corrected chi connectivity index (χ0v) is 20.2. The van der Waals surface area contributed by atoms with E-state index >= 15 is 0 Å². The molecule has 3 atom stereocenters. The summed E-state index contributed by atoms with van der Waals surface area (Å²) in [6.07, 6.45) is 1.12. The number of hydrogen-bond donors (Lipinski definition) is 2. The summed E-state index contributed by atoms with van der Waals surface area (Å²) in [6, 6.07) is 0.598. The third-order valence-corrected chi connectivity index (χ3v) is 6.75. The molecule has 0 aromatic carbocycles. The molecular weight excluding hydrogens is 463 g/mol. The minimum Gasteiger partial charge on any atom is -0.444 e. The molecule has 4 rings (SSSR count). The molecule has 10 heteroatoms. The Morgan fingerprint density at radius 2 is 2.03 bits per heavy atom. The average Bonchev–Trinajstić information content (AvgIpc) is 3.53. The van der Waals surface area contributed by atoms with Crippen LogP contribution < -0.4 is 5.32 Å². The Morgan fingerprint density at radius 3 is 2.66 bits per heavy atom. The third-order valence-electron chi connectivity index (χ3n) is 6.75. The summed E-state index contributed by atoms with van der Waals surface area (Å²) in [5, 5.41) is 13.5. The molecule has 0 saturated heterocycles. The summed E-state index contributed by atoms with van der Waals surface area (Å²) in [6.45, 7) is 5.60. The topological polar surface area (TPSA) is 91.8 Å². The van der Waals surface area contributed by atoms with Crippen molar-refractivity contribution in [3.8, 4) is 0 Å². The van der Waals surface area contributed by atoms with E-state index in [4.69, 9.17) is 4.74 Å². The SMILES string of the molecule is CC(C)(C)OC(=O)N[C@@H]1C=C[C@](CC(O)C2CC2)(C(=O)N2CCc3ncc(C(F)(F)F)cc3C2)C1. The molecule has 2 amide bonds. The second-order valence-corrected chi connectivity index (χ2v) is 10.9. The Hall–Kier alpha value is -2.62. The second kappa shape index (κ2) is 9.11. The van der Waals surface area contributed by atoms with Crippen molar-refractivity contribution in [1.82, 2.24) is 15.2 Å². The maximum absolute atomic E-state index is 13.8. The van der Waals surface area contributed by atoms with Crippen molar-refractivity contribution in [2.75, 3.05) is 6.54 Å². The summed E-state index contributed by atoms with van der Waals surface area (Å²) >= 11 is 0. The Labute approximate surface area is 202 Å². The summed E-state index contributed by atoms with van der Waals surface area (Å²) < 4.78 is 44.9. The highest BCUT2D eigenvalue weighted by Gasteiger charge is 2.48. The van der Waals surface area contributed by atoms with Gasteiger partial charge in [0, 0.05) is 31.4 Å². The number of ether oxygens (including phenoxy) is 1. The van der Waals surface area contributed by atoms with E-state index in [0.717, 1.165) is 25.1 Å². The smallest absolute Gasteiger partial charge is 0.417 e. The number of aliphatic hydroxyl groups excluding tert-OH is 1. The third kappa shape index (κ3) is 5.97. The highest BCUT2D eigenvalue weighted by molar-refractivity contribution is 5.86. The van der Waals surface area contributed by atoms with Crippen LogP contribution in [0.1, 0.15) is 63.3 Å². The number of halogens is 3. The normalized spacial score (nSPS) is 25.2. The molecular formula is C25H32F3N3O4. The first-order chi connectivity index (χ1) is 16.3. The van der Waals surface area contributed by atoms with Crippen molar-refractivity contribution in [3.05, 3.63) is 41.2 Å². The summed E-state index contributed by atoms with van der Waals surface area (Å²) in [5.41, 5.74) is -1.64. The van der Waals surface area contributed by atoms with Crippen LogP contribution >= 0.6 is 0 Å². The molecule has 192 valence electrons. The van der Waals surface area contributed by atoms with Gasteiger partial charge in [-0.1, -0.05) is 12.2 Å². The van der Waals surface area contributed by atoms with Gasteiger partial charge in [-0.05, 0) is 64.0 Å². The van der Waals surface area contributed by atoms with Crippen LogP contribution in [0.25, 0.3) is 0 Å². The molecule has 7 nitrogen and oxygen atoms in total. The minimum atomic E-state index is -4.52. The lowest BCUT2D eigenvalue weighted by Crippen LogP contribution is -2.48. The van der Waals surface area contributed by atoms with Crippen molar-refractivity contribution >= 4 is 12.0 Å². The molecule has 3 aliphatic rings. The van der Waals surface area contributed by atoms with Crippen LogP contribution in [0.3, 0.4) is 0 Å². The van der Waals surface area contributed by atoms with Crippen LogP contribution in [0.15, 0.2) is 24.4 Å². The van der Waals surface area contributed by atoms with Crippen LogP contribution in [-0.4, -0.2) is 51.3 Å². The molecule has 0 bridgehead atoms. The lowest BCUT2D eigenvalue weighted by molar-refractivity contribution is -0.142. The number of alkyl halides is 3. The van der Waals surface area contributed by atoms with E-state index in [1.165, 1.54) is 0 Å². The molecule has 1 aromatic heterocycles. The lowest BCUT2D eigenvalue weighted by Gasteiger charge is -2.37. The number of rotatable bonds is 5. The number of aromatic nitrogens is 1. The molecule has 2 aliphatic carbocycles. The summed E-state index contributed by atoms with van der Waals surface area (Å²) in [4.78, 5) is 31.6. The van der Waals surface area contributed by atoms with Crippen LogP contribution in [0.4, 0.5) is 18.0 Å². The van der Waals surface area contributed by atoms with Crippen molar-refractivity contribution in [3.63, 3.8) is 0 Å². The first-order valence-corrected chi connectivity index (χ1v) is 12.0. The van der Waals surface area contributed by atoms with Gasteiger partial charge >= 0.3 is 12.3 Å². The van der Waals surface area contributed by atoms with Gasteiger partial charge in [0.25, 0.3) is 0 Å². The fourth-order valence-corrected chi connectivity index (χ4v) is 4.87. The highest BCUT2D eigenvalue weighted by Crippen LogP contribution is 2.44. The van der Waals surface area contributed by atoms with Crippen molar-refractivity contribution in [1.29, 1.82) is 0 Å². The number of nitrogens with one attached hydrogen (secondary N) is 1. The molecule has 1 aromatic rings. The van der Waals surface area contributed by atoms with Gasteiger partial charge in [-0.15, -0.1) is 0 Å². The molecule has 1 fully saturated rings. The number of amides is 2. The zero-order valence-electron chi connectivity index (χ0n) is 20.2. The number of carbonyl (C=O) groups is 2. The Kier molecular flexibility index (Phi) is 6.63. The number of nitrogens with zero attached hydrogens (tertiary/aromatic N) is 2. The average molecular weight is 496 g/mol. The van der Waals surface area contributed by atoms with E-state index < -0.39 is 41.0 Å². The van der Waals surface area contributed by atoms with E-state index in [1.54, 1.807) is 37.8 Å². The van der Waals surface area contributed by atoms with Gasteiger partial charge in [0.05, 0.1) is 23.1 Å². The lowest BCUT2D eigenvalue weighted by atomic mass is 9.78. The van der Waals surface area contributed by atoms with Gasteiger partial charge in [-0.3, -0.25) is 9.78 Å². The predicted molar refractivity (Wildman–Crippen MR) is 121 cm³/mol. The van der Waals surface area contributed by atoms with E-state index in [-0.39, 0.29) is 31.2 Å². The first-order valence-electron chi connectivity index (χ1n) is 12.0. The minimum absolute atomic E-state index is 0.0182. The van der Waals surface area contributed by atoms with Crippen LogP contribution in [0, 0.1) is 11.3 Å². The number of pyridine rings is 1.